The van der Waals surface area contributed by atoms with Crippen LogP contribution in [0.25, 0.3) is 10.9 Å². The highest BCUT2D eigenvalue weighted by molar-refractivity contribution is 7.52. The van der Waals surface area contributed by atoms with E-state index in [1.807, 2.05) is 6.07 Å². The van der Waals surface area contributed by atoms with Gasteiger partial charge in [0.2, 0.25) is 29.5 Å². The van der Waals surface area contributed by atoms with Gasteiger partial charge in [-0.25, -0.2) is 0 Å². The molecule has 0 bridgehead atoms. The number of aromatic nitrogens is 1. The summed E-state index contributed by atoms with van der Waals surface area (Å²) in [5.41, 5.74) is 4.68. The number of H-pyrrole nitrogens is 1. The van der Waals surface area contributed by atoms with Gasteiger partial charge in [0, 0.05) is 78.6 Å². The van der Waals surface area contributed by atoms with Crippen LogP contribution in [0.5, 0.6) is 0 Å². The molecule has 1 aromatic heterocycles. The average Bonchev–Trinajstić information content (AvgIpc) is 4.37. The number of hydrogen-bond donors (Lipinski definition) is 7. The lowest BCUT2D eigenvalue weighted by molar-refractivity contribution is -0.137. The Kier molecular flexibility index (Phi) is 17.8. The summed E-state index contributed by atoms with van der Waals surface area (Å²) in [6.45, 7) is 0.247. The maximum atomic E-state index is 14.6. The Morgan fingerprint density at radius 3 is 2.30 bits per heavy atom. The molecule has 5 aromatic rings. The molecule has 0 saturated carbocycles. The minimum absolute atomic E-state index is 0.0505. The van der Waals surface area contributed by atoms with Crippen LogP contribution in [-0.4, -0.2) is 96.8 Å². The number of anilines is 1. The number of unbranched alkanes of at least 4 members (excludes halogenated alkanes) is 6. The van der Waals surface area contributed by atoms with Crippen molar-refractivity contribution in [2.45, 2.75) is 145 Å². The predicted octanol–water partition coefficient (Wildman–Crippen LogP) is 6.39. The molecule has 0 radical (unpaired) electrons. The van der Waals surface area contributed by atoms with Crippen molar-refractivity contribution >= 4 is 77.1 Å². The van der Waals surface area contributed by atoms with Gasteiger partial charge in [-0.05, 0) is 91.1 Å². The number of amides is 7. The largest absolute Gasteiger partial charge is 0.399 e. The van der Waals surface area contributed by atoms with Crippen LogP contribution in [-0.2, 0) is 63.2 Å². The summed E-state index contributed by atoms with van der Waals surface area (Å²) in [7, 11) is -5.88. The zero-order valence-corrected chi connectivity index (χ0v) is 45.6. The molecule has 1 fully saturated rings. The van der Waals surface area contributed by atoms with E-state index in [1.165, 1.54) is 15.9 Å². The summed E-state index contributed by atoms with van der Waals surface area (Å²) < 4.78 is 40.6. The van der Waals surface area contributed by atoms with E-state index < -0.39 is 84.2 Å². The number of hydrogen-bond acceptors (Lipinski definition) is 10. The Bertz CT molecular complexity index is 3500. The fourth-order valence-corrected chi connectivity index (χ4v) is 11.9. The predicted molar refractivity (Wildman–Crippen MR) is 296 cm³/mol. The Morgan fingerprint density at radius 1 is 0.829 bits per heavy atom. The molecule has 1 saturated heterocycles. The molecule has 4 aliphatic heterocycles. The van der Waals surface area contributed by atoms with E-state index >= 15 is 0 Å². The van der Waals surface area contributed by atoms with Gasteiger partial charge in [0.1, 0.15) is 29.6 Å². The third kappa shape index (κ3) is 12.8. The van der Waals surface area contributed by atoms with Gasteiger partial charge in [0.15, 0.2) is 5.78 Å². The van der Waals surface area contributed by atoms with Crippen LogP contribution >= 0.6 is 7.60 Å². The topological polar surface area (TPSA) is 296 Å². The van der Waals surface area contributed by atoms with Crippen LogP contribution in [0, 0.1) is 11.8 Å². The number of ketones is 2. The lowest BCUT2D eigenvalue weighted by Crippen LogP contribution is -2.56. The molecule has 9 rings (SSSR count). The molecule has 22 heteroatoms. The molecule has 0 spiro atoms. The fourth-order valence-electron chi connectivity index (χ4n) is 11.4. The van der Waals surface area contributed by atoms with E-state index in [-0.39, 0.29) is 92.1 Å². The number of aryl methyl sites for hydroxylation is 1. The van der Waals surface area contributed by atoms with E-state index in [1.54, 1.807) is 60.7 Å². The number of Topliss-reactive ketones (excluding diaryl/α,β-unsaturated/α-hetero) is 2. The summed E-state index contributed by atoms with van der Waals surface area (Å²) in [5.74, 6) is 0.960. The first-order chi connectivity index (χ1) is 39.2. The second-order valence-electron chi connectivity index (χ2n) is 21.3. The molecule has 8 N–H and O–H groups in total. The molecule has 1 unspecified atom stereocenters. The summed E-state index contributed by atoms with van der Waals surface area (Å²) in [4.78, 5) is 145. The maximum Gasteiger partial charge on any atom is 0.399 e. The Labute approximate surface area is 470 Å². The van der Waals surface area contributed by atoms with Gasteiger partial charge >= 0.3 is 13.3 Å². The summed E-state index contributed by atoms with van der Waals surface area (Å²) in [6.07, 6.45) is 5.87. The van der Waals surface area contributed by atoms with Gasteiger partial charge in [-0.2, -0.15) is 8.78 Å². The van der Waals surface area contributed by atoms with E-state index in [9.17, 15) is 66.3 Å². The van der Waals surface area contributed by atoms with Crippen molar-refractivity contribution in [2.24, 2.45) is 5.73 Å². The number of nitrogens with one attached hydrogen (secondary N) is 4. The number of aromatic amines is 1. The van der Waals surface area contributed by atoms with Crippen molar-refractivity contribution in [3.63, 3.8) is 0 Å². The molecule has 4 aliphatic rings. The number of carbonyl (C=O) groups excluding carboxylic acids is 9. The van der Waals surface area contributed by atoms with Crippen molar-refractivity contribution in [2.75, 3.05) is 4.90 Å². The zero-order chi connectivity index (χ0) is 58.5. The monoisotopic (exact) mass is 1140 g/mol. The Balaban J connectivity index is 0.792. The lowest BCUT2D eigenvalue weighted by atomic mass is 9.85. The molecular formula is C60H62F2N7O12P. The second-order valence-corrected chi connectivity index (χ2v) is 23.0. The van der Waals surface area contributed by atoms with Crippen molar-refractivity contribution in [3.8, 4) is 11.8 Å². The molecule has 0 aliphatic carbocycles. The second kappa shape index (κ2) is 24.9. The van der Waals surface area contributed by atoms with Gasteiger partial charge in [0.25, 0.3) is 11.8 Å². The maximum absolute atomic E-state index is 14.6. The third-order valence-corrected chi connectivity index (χ3v) is 16.7. The van der Waals surface area contributed by atoms with Crippen molar-refractivity contribution < 1.29 is 66.3 Å². The number of para-hydroxylation sites is 1. The quantitative estimate of drug-likeness (QED) is 0.0162. The van der Waals surface area contributed by atoms with E-state index in [0.29, 0.717) is 41.6 Å². The number of alkyl halides is 2. The first-order valence-electron chi connectivity index (χ1n) is 27.5. The van der Waals surface area contributed by atoms with Gasteiger partial charge in [-0.15, -0.1) is 0 Å². The SMILES string of the molecule is NC(=O)CC[C@H](NC(=O)[C@@H]1Cc2cccc3c2N1C(=O)[C@@H](NC(=O)c1cc2cc(C(F)(F)P(=O)(O)O)ccc2[nH]1)CC3)C(=O)C[C@@H](C(=O)CCCCCCCCC#Cc1cccc2c1CN(C1CCC(=O)NC1=O)C2=O)c1ccccc1. The highest BCUT2D eigenvalue weighted by atomic mass is 31.2. The molecule has 5 heterocycles. The van der Waals surface area contributed by atoms with Crippen molar-refractivity contribution in [1.29, 1.82) is 0 Å². The molecule has 5 atom stereocenters. The molecule has 19 nitrogen and oxygen atoms in total. The molecule has 428 valence electrons. The normalized spacial score (nSPS) is 18.4. The highest BCUT2D eigenvalue weighted by Crippen LogP contribution is 2.59. The van der Waals surface area contributed by atoms with Crippen LogP contribution in [0.3, 0.4) is 0 Å². The number of rotatable bonds is 23. The zero-order valence-electron chi connectivity index (χ0n) is 44.7. The van der Waals surface area contributed by atoms with Crippen LogP contribution in [0.1, 0.15) is 150 Å². The van der Waals surface area contributed by atoms with E-state index in [0.717, 1.165) is 67.0 Å². The van der Waals surface area contributed by atoms with Crippen molar-refractivity contribution in [1.82, 2.24) is 25.8 Å². The third-order valence-electron chi connectivity index (χ3n) is 15.8. The fraction of sp³-hybridized carbons (Fsp3) is 0.383. The average molecular weight is 1140 g/mol. The van der Waals surface area contributed by atoms with Crippen LogP contribution in [0.4, 0.5) is 14.5 Å². The minimum Gasteiger partial charge on any atom is -0.370 e. The van der Waals surface area contributed by atoms with E-state index in [4.69, 9.17) is 5.73 Å². The summed E-state index contributed by atoms with van der Waals surface area (Å²) in [5, 5.41) is 7.87. The number of fused-ring (bicyclic) bond motifs is 2. The van der Waals surface area contributed by atoms with Crippen LogP contribution in [0.2, 0.25) is 0 Å². The number of imide groups is 1. The first kappa shape index (κ1) is 58.5. The van der Waals surface area contributed by atoms with Crippen LogP contribution in [0.15, 0.2) is 91.0 Å². The van der Waals surface area contributed by atoms with E-state index in [2.05, 4.69) is 32.8 Å². The Morgan fingerprint density at radius 2 is 1.56 bits per heavy atom. The minimum atomic E-state index is -5.88. The van der Waals surface area contributed by atoms with Crippen molar-refractivity contribution in [3.05, 3.63) is 136 Å². The van der Waals surface area contributed by atoms with Gasteiger partial charge < -0.3 is 36.0 Å². The van der Waals surface area contributed by atoms with Crippen LogP contribution < -0.4 is 26.6 Å². The summed E-state index contributed by atoms with van der Waals surface area (Å²) >= 11 is 0. The standard InChI is InChI=1S/C60H62F2N7O12P/c61-60(62,82(79,80)81)40-23-25-44-39(30-40)31-47(64-44)55(74)66-46-24-22-37-18-12-19-38-32-49(69(54(37)38)59(46)78)57(76)65-45(26-28-52(63)72)51(71)33-42(35-14-9-7-10-15-35)50(70)21-11-6-4-2-1-3-5-8-16-36-17-13-20-41-43(36)34-68(58(41)77)48-27-29-53(73)67-56(48)75/h7,9-10,12-15,17-20,23,25,30-31,42,45-46,48-49,64H,1-6,11,21-22,24,26-29,32-34H2,(H2,63,72)(H,65,76)(H,66,74)(H,67,73,75)(H2,79,80,81)/t42-,45+,46+,48?,49+/m1/s1. The number of nitrogens with two attached hydrogens (primary N) is 1. The first-order valence-corrected chi connectivity index (χ1v) is 29.1. The molecule has 82 heavy (non-hydrogen) atoms. The number of carbonyl (C=O) groups is 9. The van der Waals surface area contributed by atoms with Gasteiger partial charge in [-0.3, -0.25) is 57.9 Å². The Hall–Kier alpha value is -8.18. The number of piperidine rings is 1. The number of nitrogens with zero attached hydrogens (tertiary/aromatic N) is 2. The number of benzene rings is 4. The van der Waals surface area contributed by atoms with Gasteiger partial charge in [-0.1, -0.05) is 98.2 Å². The molecular weight excluding hydrogens is 1080 g/mol. The summed E-state index contributed by atoms with van der Waals surface area (Å²) in [6, 6.07) is 19.2. The van der Waals surface area contributed by atoms with Gasteiger partial charge in [0.05, 0.1) is 11.7 Å². The number of halogens is 2. The molecule has 4 aromatic carbocycles. The highest BCUT2D eigenvalue weighted by Gasteiger charge is 2.51. The smallest absolute Gasteiger partial charge is 0.370 e. The number of primary amides is 1. The molecule has 7 amide bonds. The lowest BCUT2D eigenvalue weighted by Gasteiger charge is -2.29.